The monoisotopic (exact) mass is 300 g/mol. The van der Waals surface area contributed by atoms with Gasteiger partial charge in [-0.15, -0.1) is 0 Å². The predicted molar refractivity (Wildman–Crippen MR) is 81.3 cm³/mol. The van der Waals surface area contributed by atoms with Gasteiger partial charge in [0.1, 0.15) is 0 Å². The minimum absolute atomic E-state index is 0.0273. The Bertz CT molecular complexity index is 432. The number of hydrogen-bond donors (Lipinski definition) is 1. The molecule has 3 unspecified atom stereocenters. The molecular weight excluding hydrogens is 278 g/mol. The largest absolute Gasteiger partial charge is 0.329 e. The number of nitrogens with two attached hydrogens (primary N) is 1. The topological polar surface area (TPSA) is 29.3 Å². The second-order valence-corrected chi connectivity index (χ2v) is 7.32. The molecule has 0 aliphatic carbocycles. The summed E-state index contributed by atoms with van der Waals surface area (Å²) >= 11 is 1.97. The van der Waals surface area contributed by atoms with Gasteiger partial charge in [-0.1, -0.05) is 32.0 Å². The minimum Gasteiger partial charge on any atom is -0.329 e. The lowest BCUT2D eigenvalue weighted by molar-refractivity contribution is 0.150. The van der Waals surface area contributed by atoms with Crippen LogP contribution in [0.15, 0.2) is 24.3 Å². The van der Waals surface area contributed by atoms with Gasteiger partial charge in [0.05, 0.1) is 0 Å². The van der Waals surface area contributed by atoms with E-state index in [1.165, 1.54) is 6.07 Å². The van der Waals surface area contributed by atoms with Crippen LogP contribution in [0, 0.1) is 0 Å². The van der Waals surface area contributed by atoms with Crippen molar-refractivity contribution in [3.63, 3.8) is 0 Å². The number of benzene rings is 1. The Hall–Kier alpha value is -0.650. The van der Waals surface area contributed by atoms with Crippen LogP contribution in [0.4, 0.5) is 8.78 Å². The predicted octanol–water partition coefficient (Wildman–Crippen LogP) is 3.45. The van der Waals surface area contributed by atoms with Gasteiger partial charge in [-0.25, -0.2) is 8.78 Å². The fraction of sp³-hybridized carbons (Fsp3) is 0.600. The van der Waals surface area contributed by atoms with Crippen molar-refractivity contribution in [1.82, 2.24) is 4.90 Å². The summed E-state index contributed by atoms with van der Waals surface area (Å²) in [5.74, 6) is 0. The Morgan fingerprint density at radius 2 is 1.85 bits per heavy atom. The van der Waals surface area contributed by atoms with Crippen LogP contribution < -0.4 is 5.73 Å². The van der Waals surface area contributed by atoms with Crippen molar-refractivity contribution in [3.05, 3.63) is 35.4 Å². The average Bonchev–Trinajstić information content (AvgIpc) is 2.39. The second kappa shape index (κ2) is 6.87. The molecule has 0 aromatic heterocycles. The third-order valence-electron chi connectivity index (χ3n) is 3.66. The molecule has 112 valence electrons. The molecule has 20 heavy (non-hydrogen) atoms. The maximum absolute atomic E-state index is 12.8. The normalized spacial score (nSPS) is 25.9. The maximum Gasteiger partial charge on any atom is 0.263 e. The van der Waals surface area contributed by atoms with Gasteiger partial charge in [0.2, 0.25) is 0 Å². The van der Waals surface area contributed by atoms with E-state index in [0.717, 1.165) is 18.7 Å². The molecule has 0 saturated carbocycles. The van der Waals surface area contributed by atoms with Gasteiger partial charge in [0.25, 0.3) is 6.43 Å². The summed E-state index contributed by atoms with van der Waals surface area (Å²) in [5.41, 5.74) is 6.89. The van der Waals surface area contributed by atoms with Crippen LogP contribution in [0.5, 0.6) is 0 Å². The van der Waals surface area contributed by atoms with E-state index in [1.807, 2.05) is 17.8 Å². The smallest absolute Gasteiger partial charge is 0.263 e. The van der Waals surface area contributed by atoms with Gasteiger partial charge in [0.15, 0.2) is 0 Å². The number of halogens is 2. The van der Waals surface area contributed by atoms with Crippen molar-refractivity contribution in [2.75, 3.05) is 19.6 Å². The van der Waals surface area contributed by atoms with Crippen LogP contribution >= 0.6 is 11.8 Å². The summed E-state index contributed by atoms with van der Waals surface area (Å²) in [6.45, 7) is 6.77. The molecule has 1 aliphatic rings. The molecule has 2 N–H and O–H groups in total. The molecule has 1 aliphatic heterocycles. The van der Waals surface area contributed by atoms with Crippen LogP contribution in [0.2, 0.25) is 0 Å². The highest BCUT2D eigenvalue weighted by Gasteiger charge is 2.28. The fourth-order valence-electron chi connectivity index (χ4n) is 2.87. The molecule has 2 nitrogen and oxygen atoms in total. The Labute approximate surface area is 123 Å². The Morgan fingerprint density at radius 3 is 2.40 bits per heavy atom. The van der Waals surface area contributed by atoms with Crippen molar-refractivity contribution in [1.29, 1.82) is 0 Å². The average molecular weight is 300 g/mol. The van der Waals surface area contributed by atoms with E-state index < -0.39 is 6.43 Å². The molecule has 0 amide bonds. The zero-order valence-electron chi connectivity index (χ0n) is 11.9. The quantitative estimate of drug-likeness (QED) is 0.923. The standard InChI is InChI=1S/C15H22F2N2S/c1-10-8-19(9-11(2)20-10)14(7-18)12-4-3-5-13(6-12)15(16)17/h3-6,10-11,14-15H,7-9,18H2,1-2H3. The lowest BCUT2D eigenvalue weighted by Crippen LogP contribution is -2.44. The van der Waals surface area contributed by atoms with Crippen LogP contribution in [0.1, 0.15) is 37.4 Å². The van der Waals surface area contributed by atoms with Gasteiger partial charge in [-0.3, -0.25) is 4.90 Å². The molecule has 0 bridgehead atoms. The van der Waals surface area contributed by atoms with Gasteiger partial charge in [0, 0.05) is 41.7 Å². The zero-order chi connectivity index (χ0) is 14.7. The van der Waals surface area contributed by atoms with E-state index in [1.54, 1.807) is 12.1 Å². The molecule has 1 aromatic rings. The number of hydrogen-bond acceptors (Lipinski definition) is 3. The Kier molecular flexibility index (Phi) is 5.41. The summed E-state index contributed by atoms with van der Waals surface area (Å²) in [4.78, 5) is 2.33. The van der Waals surface area contributed by atoms with E-state index in [9.17, 15) is 8.78 Å². The Morgan fingerprint density at radius 1 is 1.25 bits per heavy atom. The molecule has 2 rings (SSSR count). The zero-order valence-corrected chi connectivity index (χ0v) is 12.7. The van der Waals surface area contributed by atoms with Crippen LogP contribution in [0.25, 0.3) is 0 Å². The molecule has 0 spiro atoms. The number of thioether (sulfide) groups is 1. The fourth-order valence-corrected chi connectivity index (χ4v) is 4.22. The highest BCUT2D eigenvalue weighted by atomic mass is 32.2. The maximum atomic E-state index is 12.8. The van der Waals surface area contributed by atoms with Gasteiger partial charge in [-0.05, 0) is 11.6 Å². The summed E-state index contributed by atoms with van der Waals surface area (Å²) < 4.78 is 25.7. The van der Waals surface area contributed by atoms with Crippen molar-refractivity contribution >= 4 is 11.8 Å². The second-order valence-electron chi connectivity index (χ2n) is 5.43. The molecule has 1 aromatic carbocycles. The van der Waals surface area contributed by atoms with E-state index >= 15 is 0 Å². The van der Waals surface area contributed by atoms with Gasteiger partial charge in [-0.2, -0.15) is 11.8 Å². The number of alkyl halides is 2. The number of nitrogens with zero attached hydrogens (tertiary/aromatic N) is 1. The van der Waals surface area contributed by atoms with Crippen LogP contribution in [-0.4, -0.2) is 35.0 Å². The SMILES string of the molecule is CC1CN(C(CN)c2cccc(C(F)F)c2)CC(C)S1. The molecule has 1 saturated heterocycles. The third kappa shape index (κ3) is 3.71. The summed E-state index contributed by atoms with van der Waals surface area (Å²) in [6, 6.07) is 6.70. The van der Waals surface area contributed by atoms with Crippen molar-refractivity contribution in [2.45, 2.75) is 36.8 Å². The molecule has 1 heterocycles. The van der Waals surface area contributed by atoms with E-state index in [0.29, 0.717) is 17.0 Å². The van der Waals surface area contributed by atoms with E-state index in [-0.39, 0.29) is 11.6 Å². The first-order chi connectivity index (χ1) is 9.51. The summed E-state index contributed by atoms with van der Waals surface area (Å²) in [6.07, 6.45) is -2.43. The lowest BCUT2D eigenvalue weighted by Gasteiger charge is -2.39. The lowest BCUT2D eigenvalue weighted by atomic mass is 10.0. The third-order valence-corrected chi connectivity index (χ3v) is 4.89. The highest BCUT2D eigenvalue weighted by molar-refractivity contribution is 8.00. The number of rotatable bonds is 4. The first-order valence-electron chi connectivity index (χ1n) is 6.98. The van der Waals surface area contributed by atoms with E-state index in [4.69, 9.17) is 5.73 Å². The molecule has 1 fully saturated rings. The van der Waals surface area contributed by atoms with Crippen LogP contribution in [0.3, 0.4) is 0 Å². The summed E-state index contributed by atoms with van der Waals surface area (Å²) in [5, 5.41) is 1.09. The highest BCUT2D eigenvalue weighted by Crippen LogP contribution is 2.31. The van der Waals surface area contributed by atoms with E-state index in [2.05, 4.69) is 18.7 Å². The van der Waals surface area contributed by atoms with Crippen molar-refractivity contribution < 1.29 is 8.78 Å². The molecule has 3 atom stereocenters. The summed E-state index contributed by atoms with van der Waals surface area (Å²) in [7, 11) is 0. The molecule has 0 radical (unpaired) electrons. The van der Waals surface area contributed by atoms with Crippen molar-refractivity contribution in [3.8, 4) is 0 Å². The Balaban J connectivity index is 2.21. The molecule has 5 heteroatoms. The first-order valence-corrected chi connectivity index (χ1v) is 7.93. The van der Waals surface area contributed by atoms with Gasteiger partial charge < -0.3 is 5.73 Å². The first kappa shape index (κ1) is 15.7. The van der Waals surface area contributed by atoms with Crippen LogP contribution in [-0.2, 0) is 0 Å². The minimum atomic E-state index is -2.43. The van der Waals surface area contributed by atoms with Gasteiger partial charge >= 0.3 is 0 Å². The molecular formula is C15H22F2N2S. The van der Waals surface area contributed by atoms with Crippen molar-refractivity contribution in [2.24, 2.45) is 5.73 Å².